The van der Waals surface area contributed by atoms with E-state index in [1.165, 1.54) is 6.07 Å². The zero-order valence-corrected chi connectivity index (χ0v) is 7.46. The Kier molecular flexibility index (Phi) is 1.37. The number of aromatic nitrogens is 1. The van der Waals surface area contributed by atoms with Gasteiger partial charge in [-0.1, -0.05) is 0 Å². The first kappa shape index (κ1) is 7.79. The van der Waals surface area contributed by atoms with Crippen molar-refractivity contribution < 1.29 is 8.81 Å². The van der Waals surface area contributed by atoms with Crippen molar-refractivity contribution in [3.8, 4) is 0 Å². The summed E-state index contributed by atoms with van der Waals surface area (Å²) in [6, 6.07) is 2.89. The second-order valence-electron chi connectivity index (χ2n) is 3.68. The van der Waals surface area contributed by atoms with Gasteiger partial charge in [0.1, 0.15) is 5.52 Å². The van der Waals surface area contributed by atoms with Crippen molar-refractivity contribution >= 4 is 16.8 Å². The lowest BCUT2D eigenvalue weighted by Crippen LogP contribution is -1.86. The highest BCUT2D eigenvalue weighted by atomic mass is 19.1. The van der Waals surface area contributed by atoms with Gasteiger partial charge in [0.15, 0.2) is 17.3 Å². The third-order valence-electron chi connectivity index (χ3n) is 2.41. The Morgan fingerprint density at radius 3 is 2.93 bits per heavy atom. The number of hydrogen-bond acceptors (Lipinski definition) is 3. The monoisotopic (exact) mass is 192 g/mol. The summed E-state index contributed by atoms with van der Waals surface area (Å²) >= 11 is 0. The van der Waals surface area contributed by atoms with Gasteiger partial charge in [-0.05, 0) is 18.9 Å². The van der Waals surface area contributed by atoms with E-state index in [0.29, 0.717) is 23.0 Å². The molecule has 3 rings (SSSR count). The summed E-state index contributed by atoms with van der Waals surface area (Å²) in [6.07, 6.45) is 2.17. The van der Waals surface area contributed by atoms with Crippen LogP contribution in [-0.2, 0) is 0 Å². The molecule has 2 aromatic rings. The van der Waals surface area contributed by atoms with E-state index in [1.807, 2.05) is 0 Å². The van der Waals surface area contributed by atoms with Gasteiger partial charge in [0.2, 0.25) is 0 Å². The van der Waals surface area contributed by atoms with Crippen molar-refractivity contribution in [1.29, 1.82) is 0 Å². The molecule has 0 bridgehead atoms. The maximum Gasteiger partial charge on any atom is 0.198 e. The molecule has 1 aromatic heterocycles. The minimum absolute atomic E-state index is 0.223. The minimum atomic E-state index is -0.431. The van der Waals surface area contributed by atoms with E-state index in [4.69, 9.17) is 10.2 Å². The molecular formula is C10H9FN2O. The molecule has 0 saturated heterocycles. The van der Waals surface area contributed by atoms with Crippen LogP contribution in [0.25, 0.3) is 11.1 Å². The molecular weight excluding hydrogens is 183 g/mol. The van der Waals surface area contributed by atoms with E-state index in [1.54, 1.807) is 6.07 Å². The molecule has 0 atom stereocenters. The molecule has 1 aliphatic carbocycles. The van der Waals surface area contributed by atoms with Gasteiger partial charge in [-0.2, -0.15) is 0 Å². The van der Waals surface area contributed by atoms with Crippen LogP contribution in [0.15, 0.2) is 16.5 Å². The van der Waals surface area contributed by atoms with E-state index >= 15 is 0 Å². The topological polar surface area (TPSA) is 52.0 Å². The number of fused-ring (bicyclic) bond motifs is 1. The van der Waals surface area contributed by atoms with Crippen LogP contribution in [0.3, 0.4) is 0 Å². The summed E-state index contributed by atoms with van der Waals surface area (Å²) in [6.45, 7) is 0. The zero-order valence-electron chi connectivity index (χ0n) is 7.46. The molecule has 4 heteroatoms. The van der Waals surface area contributed by atoms with Crippen LogP contribution in [0.5, 0.6) is 0 Å². The summed E-state index contributed by atoms with van der Waals surface area (Å²) in [5.74, 6) is 0.604. The Morgan fingerprint density at radius 1 is 1.43 bits per heavy atom. The molecule has 1 heterocycles. The number of benzene rings is 1. The lowest BCUT2D eigenvalue weighted by atomic mass is 10.3. The predicted molar refractivity (Wildman–Crippen MR) is 50.4 cm³/mol. The average molecular weight is 192 g/mol. The maximum atomic E-state index is 13.3. The van der Waals surface area contributed by atoms with Gasteiger partial charge in [0.25, 0.3) is 0 Å². The molecule has 1 aromatic carbocycles. The first-order valence-electron chi connectivity index (χ1n) is 4.59. The fourth-order valence-electron chi connectivity index (χ4n) is 1.53. The molecule has 2 N–H and O–H groups in total. The summed E-state index contributed by atoms with van der Waals surface area (Å²) < 4.78 is 18.7. The Morgan fingerprint density at radius 2 is 2.21 bits per heavy atom. The summed E-state index contributed by atoms with van der Waals surface area (Å²) in [5.41, 5.74) is 6.63. The van der Waals surface area contributed by atoms with Crippen molar-refractivity contribution in [3.63, 3.8) is 0 Å². The molecule has 0 aliphatic heterocycles. The van der Waals surface area contributed by atoms with Crippen LogP contribution in [-0.4, -0.2) is 4.98 Å². The van der Waals surface area contributed by atoms with Gasteiger partial charge in [-0.3, -0.25) is 0 Å². The van der Waals surface area contributed by atoms with Crippen molar-refractivity contribution in [1.82, 2.24) is 4.98 Å². The van der Waals surface area contributed by atoms with E-state index in [9.17, 15) is 4.39 Å². The quantitative estimate of drug-likeness (QED) is 0.706. The van der Waals surface area contributed by atoms with Gasteiger partial charge in [-0.15, -0.1) is 0 Å². The molecule has 1 saturated carbocycles. The van der Waals surface area contributed by atoms with Crippen LogP contribution in [0.4, 0.5) is 10.1 Å². The Hall–Kier alpha value is -1.58. The third-order valence-corrected chi connectivity index (χ3v) is 2.41. The van der Waals surface area contributed by atoms with Crippen molar-refractivity contribution in [2.45, 2.75) is 18.8 Å². The normalized spacial score (nSPS) is 16.4. The largest absolute Gasteiger partial charge is 0.437 e. The molecule has 3 nitrogen and oxygen atoms in total. The van der Waals surface area contributed by atoms with Crippen LogP contribution in [0, 0.1) is 5.82 Å². The van der Waals surface area contributed by atoms with Crippen LogP contribution in [0.1, 0.15) is 24.7 Å². The number of nitrogens with zero attached hydrogens (tertiary/aromatic N) is 1. The Balaban J connectivity index is 2.26. The number of nitrogens with two attached hydrogens (primary N) is 1. The Bertz CT molecular complexity index is 502. The van der Waals surface area contributed by atoms with E-state index in [2.05, 4.69) is 4.98 Å². The van der Waals surface area contributed by atoms with Gasteiger partial charge in [0, 0.05) is 17.7 Å². The van der Waals surface area contributed by atoms with E-state index < -0.39 is 5.82 Å². The second-order valence-corrected chi connectivity index (χ2v) is 3.68. The highest BCUT2D eigenvalue weighted by Crippen LogP contribution is 2.41. The highest BCUT2D eigenvalue weighted by molar-refractivity contribution is 5.77. The predicted octanol–water partition coefficient (Wildman–Crippen LogP) is 2.43. The first-order chi connectivity index (χ1) is 6.74. The summed E-state index contributed by atoms with van der Waals surface area (Å²) in [4.78, 5) is 4.21. The third kappa shape index (κ3) is 1.07. The average Bonchev–Trinajstić information content (AvgIpc) is 2.87. The van der Waals surface area contributed by atoms with Crippen LogP contribution >= 0.6 is 0 Å². The molecule has 0 spiro atoms. The number of anilines is 1. The number of oxazole rings is 1. The molecule has 0 radical (unpaired) electrons. The Labute approximate surface area is 79.7 Å². The molecule has 14 heavy (non-hydrogen) atoms. The lowest BCUT2D eigenvalue weighted by Gasteiger charge is -1.92. The molecule has 0 amide bonds. The smallest absolute Gasteiger partial charge is 0.198 e. The zero-order chi connectivity index (χ0) is 9.71. The minimum Gasteiger partial charge on any atom is -0.437 e. The van der Waals surface area contributed by atoms with Crippen molar-refractivity contribution in [2.24, 2.45) is 0 Å². The lowest BCUT2D eigenvalue weighted by molar-refractivity contribution is 0.508. The fraction of sp³-hybridized carbons (Fsp3) is 0.300. The molecule has 72 valence electrons. The fourth-order valence-corrected chi connectivity index (χ4v) is 1.53. The number of halogens is 1. The van der Waals surface area contributed by atoms with E-state index in [-0.39, 0.29) is 5.58 Å². The molecule has 1 aliphatic rings. The van der Waals surface area contributed by atoms with Crippen molar-refractivity contribution in [3.05, 3.63) is 23.8 Å². The number of hydrogen-bond donors (Lipinski definition) is 1. The van der Waals surface area contributed by atoms with Gasteiger partial charge in [-0.25, -0.2) is 9.37 Å². The van der Waals surface area contributed by atoms with Crippen LogP contribution < -0.4 is 5.73 Å². The highest BCUT2D eigenvalue weighted by Gasteiger charge is 2.29. The van der Waals surface area contributed by atoms with Gasteiger partial charge in [0.05, 0.1) is 0 Å². The molecule has 1 fully saturated rings. The standard InChI is InChI=1S/C10H9FN2O/c11-7-3-6(12)4-8-9(7)14-10(13-8)5-1-2-5/h3-5H,1-2,12H2. The molecule has 0 unspecified atom stereocenters. The van der Waals surface area contributed by atoms with E-state index in [0.717, 1.165) is 12.8 Å². The summed E-state index contributed by atoms with van der Waals surface area (Å²) in [5, 5.41) is 0. The van der Waals surface area contributed by atoms with Crippen LogP contribution in [0.2, 0.25) is 0 Å². The SMILES string of the molecule is Nc1cc(F)c2oc(C3CC3)nc2c1. The van der Waals surface area contributed by atoms with Gasteiger partial charge < -0.3 is 10.2 Å². The number of nitrogen functional groups attached to an aromatic ring is 1. The van der Waals surface area contributed by atoms with Crippen molar-refractivity contribution in [2.75, 3.05) is 5.73 Å². The second kappa shape index (κ2) is 2.47. The first-order valence-corrected chi connectivity index (χ1v) is 4.59. The van der Waals surface area contributed by atoms with Gasteiger partial charge >= 0.3 is 0 Å². The maximum absolute atomic E-state index is 13.3. The summed E-state index contributed by atoms with van der Waals surface area (Å²) in [7, 11) is 0. The number of rotatable bonds is 1.